The van der Waals surface area contributed by atoms with Crippen LogP contribution < -0.4 is 19.7 Å². The molecule has 0 fully saturated rings. The van der Waals surface area contributed by atoms with Gasteiger partial charge >= 0.3 is 0 Å². The lowest BCUT2D eigenvalue weighted by Crippen LogP contribution is -2.37. The van der Waals surface area contributed by atoms with Crippen LogP contribution in [0.25, 0.3) is 0 Å². The summed E-state index contributed by atoms with van der Waals surface area (Å²) >= 11 is 0. The zero-order chi connectivity index (χ0) is 20.5. The first kappa shape index (κ1) is 21.2. The van der Waals surface area contributed by atoms with Crippen molar-refractivity contribution in [1.29, 1.82) is 0 Å². The number of amides is 2. The van der Waals surface area contributed by atoms with E-state index in [4.69, 9.17) is 9.47 Å². The lowest BCUT2D eigenvalue weighted by Gasteiger charge is -2.21. The Balaban J connectivity index is 1.83. The smallest absolute Gasteiger partial charge is 0.223 e. The zero-order valence-corrected chi connectivity index (χ0v) is 16.3. The van der Waals surface area contributed by atoms with Gasteiger partial charge in [-0.15, -0.1) is 0 Å². The van der Waals surface area contributed by atoms with Gasteiger partial charge in [0, 0.05) is 32.1 Å². The van der Waals surface area contributed by atoms with Crippen molar-refractivity contribution >= 4 is 17.5 Å². The van der Waals surface area contributed by atoms with Crippen molar-refractivity contribution in [2.45, 2.75) is 19.8 Å². The van der Waals surface area contributed by atoms with E-state index in [1.807, 2.05) is 12.1 Å². The van der Waals surface area contributed by atoms with Gasteiger partial charge in [0.15, 0.2) is 11.5 Å². The number of anilines is 1. The summed E-state index contributed by atoms with van der Waals surface area (Å²) in [7, 11) is 3.14. The molecule has 1 N–H and O–H groups in total. The molecule has 0 aliphatic heterocycles. The predicted octanol–water partition coefficient (Wildman–Crippen LogP) is 2.94. The van der Waals surface area contributed by atoms with Gasteiger partial charge in [-0.05, 0) is 48.4 Å². The van der Waals surface area contributed by atoms with Gasteiger partial charge in [0.25, 0.3) is 0 Å². The molecule has 28 heavy (non-hydrogen) atoms. The van der Waals surface area contributed by atoms with E-state index in [0.717, 1.165) is 5.56 Å². The number of benzene rings is 2. The molecular formula is C21H25FN2O4. The summed E-state index contributed by atoms with van der Waals surface area (Å²) in [6.07, 6.45) is 0.868. The highest BCUT2D eigenvalue weighted by atomic mass is 19.1. The van der Waals surface area contributed by atoms with Crippen LogP contribution in [0, 0.1) is 5.82 Å². The van der Waals surface area contributed by atoms with Crippen LogP contribution in [0.15, 0.2) is 42.5 Å². The van der Waals surface area contributed by atoms with E-state index >= 15 is 0 Å². The van der Waals surface area contributed by atoms with E-state index in [9.17, 15) is 14.0 Å². The summed E-state index contributed by atoms with van der Waals surface area (Å²) in [6.45, 7) is 2.05. The van der Waals surface area contributed by atoms with Crippen molar-refractivity contribution < 1.29 is 23.5 Å². The van der Waals surface area contributed by atoms with E-state index in [1.165, 1.54) is 36.1 Å². The number of ether oxygens (including phenoxy) is 2. The Kier molecular flexibility index (Phi) is 7.80. The minimum absolute atomic E-state index is 0.114. The molecule has 0 unspecified atom stereocenters. The Morgan fingerprint density at radius 1 is 1.04 bits per heavy atom. The van der Waals surface area contributed by atoms with Crippen molar-refractivity contribution in [2.75, 3.05) is 32.2 Å². The molecule has 0 heterocycles. The van der Waals surface area contributed by atoms with Crippen molar-refractivity contribution in [2.24, 2.45) is 0 Å². The average molecular weight is 388 g/mol. The van der Waals surface area contributed by atoms with Gasteiger partial charge in [-0.1, -0.05) is 6.07 Å². The topological polar surface area (TPSA) is 67.9 Å². The zero-order valence-electron chi connectivity index (χ0n) is 16.3. The monoisotopic (exact) mass is 388 g/mol. The molecule has 0 radical (unpaired) electrons. The number of hydrogen-bond donors (Lipinski definition) is 1. The lowest BCUT2D eigenvalue weighted by molar-refractivity contribution is -0.121. The molecule has 2 amide bonds. The van der Waals surface area contributed by atoms with E-state index in [2.05, 4.69) is 5.32 Å². The summed E-state index contributed by atoms with van der Waals surface area (Å²) < 4.78 is 23.5. The maximum Gasteiger partial charge on any atom is 0.223 e. The normalized spacial score (nSPS) is 10.3. The average Bonchev–Trinajstić information content (AvgIpc) is 2.70. The molecule has 0 saturated carbocycles. The van der Waals surface area contributed by atoms with Crippen molar-refractivity contribution in [3.05, 3.63) is 53.8 Å². The first-order valence-electron chi connectivity index (χ1n) is 8.96. The molecule has 150 valence electrons. The fourth-order valence-corrected chi connectivity index (χ4v) is 2.78. The number of carbonyl (C=O) groups is 2. The third-order valence-corrected chi connectivity index (χ3v) is 4.26. The first-order chi connectivity index (χ1) is 13.4. The number of hydrogen-bond acceptors (Lipinski definition) is 4. The molecule has 0 aliphatic carbocycles. The number of nitrogens with zero attached hydrogens (tertiary/aromatic N) is 1. The number of halogens is 1. The molecule has 0 aromatic heterocycles. The van der Waals surface area contributed by atoms with Crippen molar-refractivity contribution in [1.82, 2.24) is 5.32 Å². The number of aryl methyl sites for hydroxylation is 1. The van der Waals surface area contributed by atoms with Crippen LogP contribution in [0.2, 0.25) is 0 Å². The minimum Gasteiger partial charge on any atom is -0.493 e. The maximum atomic E-state index is 13.0. The molecule has 2 rings (SSSR count). The molecule has 0 atom stereocenters. The largest absolute Gasteiger partial charge is 0.493 e. The van der Waals surface area contributed by atoms with Crippen LogP contribution in [0.1, 0.15) is 18.9 Å². The van der Waals surface area contributed by atoms with Gasteiger partial charge in [-0.2, -0.15) is 0 Å². The summed E-state index contributed by atoms with van der Waals surface area (Å²) in [4.78, 5) is 25.4. The van der Waals surface area contributed by atoms with Crippen LogP contribution >= 0.6 is 0 Å². The second-order valence-corrected chi connectivity index (χ2v) is 6.19. The van der Waals surface area contributed by atoms with E-state index in [1.54, 1.807) is 20.3 Å². The van der Waals surface area contributed by atoms with Crippen LogP contribution in [0.4, 0.5) is 10.1 Å². The second-order valence-electron chi connectivity index (χ2n) is 6.19. The summed E-state index contributed by atoms with van der Waals surface area (Å²) in [5.74, 6) is 0.608. The Morgan fingerprint density at radius 3 is 2.32 bits per heavy atom. The quantitative estimate of drug-likeness (QED) is 0.717. The molecule has 0 aliphatic rings. The molecule has 7 heteroatoms. The first-order valence-corrected chi connectivity index (χ1v) is 8.96. The fraction of sp³-hybridized carbons (Fsp3) is 0.333. The fourth-order valence-electron chi connectivity index (χ4n) is 2.78. The predicted molar refractivity (Wildman–Crippen MR) is 105 cm³/mol. The Labute approximate surface area is 164 Å². The number of nitrogens with one attached hydrogen (secondary N) is 1. The number of carbonyl (C=O) groups excluding carboxylic acids is 2. The third kappa shape index (κ3) is 5.97. The standard InChI is InChI=1S/C21H25FN2O4/c1-15(25)24(18-8-6-17(22)7-9-18)13-12-23-21(26)11-5-16-4-10-19(27-2)20(14-16)28-3/h4,6-10,14H,5,11-13H2,1-3H3,(H,23,26). The van der Waals surface area contributed by atoms with Gasteiger partial charge in [0.2, 0.25) is 11.8 Å². The highest BCUT2D eigenvalue weighted by molar-refractivity contribution is 5.91. The van der Waals surface area contributed by atoms with Crippen LogP contribution in [0.5, 0.6) is 11.5 Å². The molecule has 6 nitrogen and oxygen atoms in total. The molecule has 0 saturated heterocycles. The molecule has 2 aromatic rings. The van der Waals surface area contributed by atoms with E-state index in [-0.39, 0.29) is 17.6 Å². The number of methoxy groups -OCH3 is 2. The van der Waals surface area contributed by atoms with E-state index < -0.39 is 0 Å². The maximum absolute atomic E-state index is 13.0. The van der Waals surface area contributed by atoms with Crippen molar-refractivity contribution in [3.63, 3.8) is 0 Å². The highest BCUT2D eigenvalue weighted by Crippen LogP contribution is 2.27. The molecule has 2 aromatic carbocycles. The Hall–Kier alpha value is -3.09. The third-order valence-electron chi connectivity index (χ3n) is 4.26. The molecule has 0 bridgehead atoms. The summed E-state index contributed by atoms with van der Waals surface area (Å²) in [5, 5.41) is 2.81. The lowest BCUT2D eigenvalue weighted by atomic mass is 10.1. The summed E-state index contributed by atoms with van der Waals surface area (Å²) in [5.41, 5.74) is 1.55. The van der Waals surface area contributed by atoms with Crippen LogP contribution in [-0.4, -0.2) is 39.1 Å². The van der Waals surface area contributed by atoms with Gasteiger partial charge in [0.1, 0.15) is 5.82 Å². The van der Waals surface area contributed by atoms with Gasteiger partial charge in [0.05, 0.1) is 14.2 Å². The summed E-state index contributed by atoms with van der Waals surface area (Å²) in [6, 6.07) is 11.2. The SMILES string of the molecule is COc1ccc(CCC(=O)NCCN(C(C)=O)c2ccc(F)cc2)cc1OC. The second kappa shape index (κ2) is 10.3. The molecular weight excluding hydrogens is 363 g/mol. The Bertz CT molecular complexity index is 809. The van der Waals surface area contributed by atoms with Crippen LogP contribution in [-0.2, 0) is 16.0 Å². The minimum atomic E-state index is -0.365. The van der Waals surface area contributed by atoms with Gasteiger partial charge in [-0.25, -0.2) is 4.39 Å². The van der Waals surface area contributed by atoms with Crippen LogP contribution in [0.3, 0.4) is 0 Å². The van der Waals surface area contributed by atoms with Crippen molar-refractivity contribution in [3.8, 4) is 11.5 Å². The van der Waals surface area contributed by atoms with E-state index in [0.29, 0.717) is 43.1 Å². The van der Waals surface area contributed by atoms with Gasteiger partial charge < -0.3 is 19.7 Å². The number of rotatable bonds is 9. The Morgan fingerprint density at radius 2 is 1.71 bits per heavy atom. The van der Waals surface area contributed by atoms with Gasteiger partial charge in [-0.3, -0.25) is 9.59 Å². The highest BCUT2D eigenvalue weighted by Gasteiger charge is 2.12. The molecule has 0 spiro atoms.